The molecule has 11 atom stereocenters. The third kappa shape index (κ3) is 33.6. The molecule has 2 aliphatic rings. The van der Waals surface area contributed by atoms with Gasteiger partial charge in [0, 0.05) is 12.8 Å². The summed E-state index contributed by atoms with van der Waals surface area (Å²) in [5, 5.41) is 72.3. The number of aliphatic hydroxyl groups is 7. The number of esters is 2. The van der Waals surface area contributed by atoms with Gasteiger partial charge in [0.1, 0.15) is 55.4 Å². The highest BCUT2D eigenvalue weighted by molar-refractivity contribution is 5.70. The van der Waals surface area contributed by atoms with Gasteiger partial charge in [-0.3, -0.25) is 9.59 Å². The number of unbranched alkanes of at least 4 members (excludes halogenated alkanes) is 23. The summed E-state index contributed by atoms with van der Waals surface area (Å²) in [6, 6.07) is 0. The Morgan fingerprint density at radius 1 is 0.421 bits per heavy atom. The summed E-state index contributed by atoms with van der Waals surface area (Å²) in [7, 11) is 0. The number of hydrogen-bond donors (Lipinski definition) is 7. The first-order chi connectivity index (χ1) is 37.0. The standard InChI is InChI=1S/C61H106O15/c1-3-5-7-9-11-13-15-17-19-21-22-23-24-25-26-28-30-32-34-36-38-40-42-44-53(64)74-49(46-71-52(63)43-41-39-37-35-33-31-29-27-20-18-16-14-12-10-8-6-4-2)47-72-60-59(70)57(68)55(66)51(76-60)48-73-61-58(69)56(67)54(65)50(45-62)75-61/h8,10,14,16,20,27,31,33,36,38,49-51,54-62,65-70H,3-7,9,11-13,15,17-19,21-26,28-30,32,34-35,37,39-48H2,1-2H3/b10-8+,16-14+,27-20+,33-31+,38-36+/t49-,50+,51+,54-,55-,56?,57?,58?,59?,60+,61+/m1/s1. The Bertz CT molecular complexity index is 1550. The molecule has 0 amide bonds. The van der Waals surface area contributed by atoms with Gasteiger partial charge >= 0.3 is 11.9 Å². The molecule has 0 aromatic heterocycles. The second kappa shape index (κ2) is 47.1. The highest BCUT2D eigenvalue weighted by Crippen LogP contribution is 2.27. The second-order valence-electron chi connectivity index (χ2n) is 20.8. The summed E-state index contributed by atoms with van der Waals surface area (Å²) in [6.07, 6.45) is 39.7. The molecular formula is C61H106O15. The number of allylic oxidation sites excluding steroid dienone is 10. The Labute approximate surface area is 458 Å². The van der Waals surface area contributed by atoms with Crippen LogP contribution in [-0.2, 0) is 38.0 Å². The van der Waals surface area contributed by atoms with Gasteiger partial charge in [-0.05, 0) is 70.6 Å². The van der Waals surface area contributed by atoms with E-state index in [-0.39, 0.29) is 19.4 Å². The number of ether oxygens (including phenoxy) is 6. The summed E-state index contributed by atoms with van der Waals surface area (Å²) in [5.41, 5.74) is 0. The largest absolute Gasteiger partial charge is 0.462 e. The quantitative estimate of drug-likeness (QED) is 0.0171. The molecule has 15 heteroatoms. The average molecular weight is 1080 g/mol. The molecule has 2 fully saturated rings. The van der Waals surface area contributed by atoms with Crippen molar-refractivity contribution in [2.45, 2.75) is 287 Å². The third-order valence-corrected chi connectivity index (χ3v) is 13.9. The van der Waals surface area contributed by atoms with Gasteiger partial charge in [0.15, 0.2) is 18.7 Å². The summed E-state index contributed by atoms with van der Waals surface area (Å²) >= 11 is 0. The van der Waals surface area contributed by atoms with E-state index in [0.717, 1.165) is 57.8 Å². The van der Waals surface area contributed by atoms with E-state index in [1.807, 2.05) is 0 Å². The third-order valence-electron chi connectivity index (χ3n) is 13.9. The SMILES string of the molecule is CCC/C=C/C/C=C/C/C=C/C/C=C/CCCCCC(=O)OC[C@H](CO[C@H]1O[C@@H](CO[C@H]2O[C@@H](CO)[C@@H](O)C(O)C2O)[C@@H](O)C(O)C1O)OC(=O)CCC/C=C/CCCCCCCCCCCCCCCCCCCC. The molecule has 0 spiro atoms. The minimum Gasteiger partial charge on any atom is -0.462 e. The molecule has 2 heterocycles. The zero-order valence-electron chi connectivity index (χ0n) is 47.0. The van der Waals surface area contributed by atoms with Gasteiger partial charge in [-0.1, -0.05) is 197 Å². The van der Waals surface area contributed by atoms with Crippen molar-refractivity contribution >= 4 is 11.9 Å². The van der Waals surface area contributed by atoms with Crippen LogP contribution in [0.3, 0.4) is 0 Å². The van der Waals surface area contributed by atoms with Gasteiger partial charge in [-0.25, -0.2) is 0 Å². The molecule has 15 nitrogen and oxygen atoms in total. The van der Waals surface area contributed by atoms with E-state index in [2.05, 4.69) is 74.6 Å². The van der Waals surface area contributed by atoms with Crippen LogP contribution in [0.15, 0.2) is 60.8 Å². The van der Waals surface area contributed by atoms with Gasteiger partial charge in [0.05, 0.1) is 19.8 Å². The maximum Gasteiger partial charge on any atom is 0.306 e. The van der Waals surface area contributed by atoms with Gasteiger partial charge in [0.2, 0.25) is 0 Å². The van der Waals surface area contributed by atoms with Crippen LogP contribution in [0.4, 0.5) is 0 Å². The predicted molar refractivity (Wildman–Crippen MR) is 298 cm³/mol. The van der Waals surface area contributed by atoms with E-state index in [4.69, 9.17) is 28.4 Å². The number of rotatable bonds is 47. The molecule has 0 saturated carbocycles. The summed E-state index contributed by atoms with van der Waals surface area (Å²) in [6.45, 7) is 2.49. The minimum absolute atomic E-state index is 0.109. The smallest absolute Gasteiger partial charge is 0.306 e. The monoisotopic (exact) mass is 1080 g/mol. The lowest BCUT2D eigenvalue weighted by Crippen LogP contribution is -2.61. The molecule has 2 rings (SSSR count). The molecule has 0 aromatic carbocycles. The molecule has 0 aromatic rings. The van der Waals surface area contributed by atoms with Crippen molar-refractivity contribution in [3.05, 3.63) is 60.8 Å². The van der Waals surface area contributed by atoms with Crippen LogP contribution in [-0.4, -0.2) is 142 Å². The van der Waals surface area contributed by atoms with Crippen LogP contribution in [0.1, 0.15) is 219 Å². The van der Waals surface area contributed by atoms with Crippen LogP contribution in [0.2, 0.25) is 0 Å². The Balaban J connectivity index is 1.76. The van der Waals surface area contributed by atoms with E-state index in [1.54, 1.807) is 0 Å². The Kier molecular flexibility index (Phi) is 42.9. The van der Waals surface area contributed by atoms with Crippen molar-refractivity contribution in [1.82, 2.24) is 0 Å². The van der Waals surface area contributed by atoms with Crippen LogP contribution in [0.25, 0.3) is 0 Å². The molecule has 76 heavy (non-hydrogen) atoms. The summed E-state index contributed by atoms with van der Waals surface area (Å²) < 4.78 is 33.6. The highest BCUT2D eigenvalue weighted by Gasteiger charge is 2.47. The van der Waals surface area contributed by atoms with Crippen molar-refractivity contribution < 1.29 is 73.8 Å². The lowest BCUT2D eigenvalue weighted by molar-refractivity contribution is -0.332. The molecule has 0 radical (unpaired) electrons. The molecule has 0 aliphatic carbocycles. The maximum atomic E-state index is 13.1. The Morgan fingerprint density at radius 2 is 0.829 bits per heavy atom. The lowest BCUT2D eigenvalue weighted by Gasteiger charge is -2.42. The van der Waals surface area contributed by atoms with Gasteiger partial charge in [-0.2, -0.15) is 0 Å². The number of carbonyl (C=O) groups excluding carboxylic acids is 2. The number of carbonyl (C=O) groups is 2. The van der Waals surface area contributed by atoms with Gasteiger partial charge < -0.3 is 64.2 Å². The maximum absolute atomic E-state index is 13.1. The van der Waals surface area contributed by atoms with Crippen LogP contribution >= 0.6 is 0 Å². The summed E-state index contributed by atoms with van der Waals surface area (Å²) in [4.78, 5) is 25.9. The highest BCUT2D eigenvalue weighted by atomic mass is 16.7. The average Bonchev–Trinajstić information content (AvgIpc) is 3.42. The predicted octanol–water partition coefficient (Wildman–Crippen LogP) is 10.4. The molecule has 440 valence electrons. The normalized spacial score (nSPS) is 24.8. The fourth-order valence-electron chi connectivity index (χ4n) is 9.10. The Hall–Kier alpha value is -2.80. The molecular weight excluding hydrogens is 973 g/mol. The van der Waals surface area contributed by atoms with Crippen LogP contribution < -0.4 is 0 Å². The van der Waals surface area contributed by atoms with Crippen LogP contribution in [0, 0.1) is 0 Å². The van der Waals surface area contributed by atoms with E-state index >= 15 is 0 Å². The van der Waals surface area contributed by atoms with Crippen LogP contribution in [0.5, 0.6) is 0 Å². The minimum atomic E-state index is -1.78. The lowest BCUT2D eigenvalue weighted by atomic mass is 9.98. The molecule has 7 N–H and O–H groups in total. The van der Waals surface area contributed by atoms with Crippen molar-refractivity contribution in [1.29, 1.82) is 0 Å². The van der Waals surface area contributed by atoms with E-state index in [0.29, 0.717) is 19.3 Å². The second-order valence-corrected chi connectivity index (χ2v) is 20.8. The van der Waals surface area contributed by atoms with E-state index < -0.39 is 99.3 Å². The van der Waals surface area contributed by atoms with Crippen molar-refractivity contribution in [2.24, 2.45) is 0 Å². The zero-order chi connectivity index (χ0) is 55.3. The topological polar surface area (TPSA) is 231 Å². The fourth-order valence-corrected chi connectivity index (χ4v) is 9.10. The summed E-state index contributed by atoms with van der Waals surface area (Å²) in [5.74, 6) is -0.996. The zero-order valence-corrected chi connectivity index (χ0v) is 47.0. The molecule has 0 bridgehead atoms. The van der Waals surface area contributed by atoms with Gasteiger partial charge in [-0.15, -0.1) is 0 Å². The Morgan fingerprint density at radius 3 is 1.34 bits per heavy atom. The first-order valence-corrected chi connectivity index (χ1v) is 29.9. The fraction of sp³-hybridized carbons (Fsp3) is 0.803. The number of hydrogen-bond acceptors (Lipinski definition) is 15. The first kappa shape index (κ1) is 69.3. The van der Waals surface area contributed by atoms with Crippen molar-refractivity contribution in [2.75, 3.05) is 26.4 Å². The van der Waals surface area contributed by atoms with E-state index in [9.17, 15) is 45.3 Å². The molecule has 2 aliphatic heterocycles. The van der Waals surface area contributed by atoms with Crippen molar-refractivity contribution in [3.63, 3.8) is 0 Å². The van der Waals surface area contributed by atoms with E-state index in [1.165, 1.54) is 116 Å². The first-order valence-electron chi connectivity index (χ1n) is 29.9. The van der Waals surface area contributed by atoms with Crippen molar-refractivity contribution in [3.8, 4) is 0 Å². The van der Waals surface area contributed by atoms with Gasteiger partial charge in [0.25, 0.3) is 0 Å². The number of aliphatic hydroxyl groups excluding tert-OH is 7. The molecule has 2 saturated heterocycles. The molecule has 4 unspecified atom stereocenters.